The lowest BCUT2D eigenvalue weighted by Crippen LogP contribution is -2.45. The molecule has 4 nitrogen and oxygen atoms in total. The summed E-state index contributed by atoms with van der Waals surface area (Å²) < 4.78 is 4.51. The molecule has 23 heavy (non-hydrogen) atoms. The quantitative estimate of drug-likeness (QED) is 0.824. The molecule has 1 heterocycles. The fraction of sp³-hybridized carbons (Fsp3) is 0.588. The summed E-state index contributed by atoms with van der Waals surface area (Å²) in [5, 5.41) is 3.05. The summed E-state index contributed by atoms with van der Waals surface area (Å²) in [4.78, 5) is 14.8. The van der Waals surface area contributed by atoms with Crippen LogP contribution in [0, 0.1) is 5.41 Å². The lowest BCUT2D eigenvalue weighted by Gasteiger charge is -2.35. The van der Waals surface area contributed by atoms with Crippen molar-refractivity contribution in [2.75, 3.05) is 32.8 Å². The highest BCUT2D eigenvalue weighted by Gasteiger charge is 2.67. The predicted molar refractivity (Wildman–Crippen MR) is 91.7 cm³/mol. The van der Waals surface area contributed by atoms with E-state index in [4.69, 9.17) is 27.9 Å². The van der Waals surface area contributed by atoms with Crippen LogP contribution in [0.25, 0.3) is 0 Å². The van der Waals surface area contributed by atoms with E-state index < -0.39 is 9.75 Å². The highest BCUT2D eigenvalue weighted by Crippen LogP contribution is 2.63. The van der Waals surface area contributed by atoms with Gasteiger partial charge in [-0.15, -0.1) is 23.2 Å². The third-order valence-electron chi connectivity index (χ3n) is 4.89. The first-order valence-electron chi connectivity index (χ1n) is 7.97. The minimum atomic E-state index is -0.932. The van der Waals surface area contributed by atoms with Crippen LogP contribution in [0.1, 0.15) is 24.9 Å². The van der Waals surface area contributed by atoms with Gasteiger partial charge in [-0.3, -0.25) is 9.69 Å². The van der Waals surface area contributed by atoms with Crippen molar-refractivity contribution < 1.29 is 9.53 Å². The molecule has 0 spiro atoms. The van der Waals surface area contributed by atoms with Crippen LogP contribution in [0.2, 0.25) is 0 Å². The Balaban J connectivity index is 1.68. The molecule has 1 aromatic carbocycles. The Morgan fingerprint density at radius 2 is 1.91 bits per heavy atom. The number of nitrogens with zero attached hydrogens (tertiary/aromatic N) is 1. The SMILES string of the molecule is C[C@]1(C(=O)NC[C@H](c2ccccc2)N2CCOCC2)CC1(Cl)Cl. The van der Waals surface area contributed by atoms with E-state index in [-0.39, 0.29) is 11.9 Å². The normalized spacial score (nSPS) is 28.1. The Bertz CT molecular complexity index is 561. The summed E-state index contributed by atoms with van der Waals surface area (Å²) >= 11 is 12.2. The lowest BCUT2D eigenvalue weighted by molar-refractivity contribution is -0.126. The molecule has 1 aromatic rings. The second-order valence-electron chi connectivity index (χ2n) is 6.50. The molecule has 1 saturated carbocycles. The molecule has 0 unspecified atom stereocenters. The number of halogens is 2. The average molecular weight is 357 g/mol. The van der Waals surface area contributed by atoms with Gasteiger partial charge in [0.15, 0.2) is 0 Å². The van der Waals surface area contributed by atoms with Crippen molar-refractivity contribution in [3.05, 3.63) is 35.9 Å². The molecule has 0 radical (unpaired) electrons. The molecule has 1 aliphatic carbocycles. The molecule has 1 aliphatic heterocycles. The number of alkyl halides is 2. The van der Waals surface area contributed by atoms with Gasteiger partial charge in [0.25, 0.3) is 0 Å². The van der Waals surface area contributed by atoms with Gasteiger partial charge in [-0.25, -0.2) is 0 Å². The Kier molecular flexibility index (Phi) is 4.88. The monoisotopic (exact) mass is 356 g/mol. The van der Waals surface area contributed by atoms with Crippen molar-refractivity contribution in [2.24, 2.45) is 5.41 Å². The van der Waals surface area contributed by atoms with Gasteiger partial charge in [-0.1, -0.05) is 30.3 Å². The Hall–Kier alpha value is -0.810. The van der Waals surface area contributed by atoms with E-state index in [1.165, 1.54) is 5.56 Å². The van der Waals surface area contributed by atoms with Crippen molar-refractivity contribution in [3.63, 3.8) is 0 Å². The minimum absolute atomic E-state index is 0.0725. The van der Waals surface area contributed by atoms with Gasteiger partial charge in [-0.2, -0.15) is 0 Å². The summed E-state index contributed by atoms with van der Waals surface area (Å²) in [5.41, 5.74) is 0.515. The first-order valence-corrected chi connectivity index (χ1v) is 8.72. The number of carbonyl (C=O) groups excluding carboxylic acids is 1. The molecule has 0 bridgehead atoms. The van der Waals surface area contributed by atoms with Crippen LogP contribution in [-0.4, -0.2) is 48.0 Å². The summed E-state index contributed by atoms with van der Waals surface area (Å²) in [6.45, 7) is 5.53. The Morgan fingerprint density at radius 3 is 2.48 bits per heavy atom. The number of carbonyl (C=O) groups is 1. The van der Waals surface area contributed by atoms with Gasteiger partial charge in [0.05, 0.1) is 24.7 Å². The maximum atomic E-state index is 12.4. The van der Waals surface area contributed by atoms with Gasteiger partial charge in [0.1, 0.15) is 4.33 Å². The van der Waals surface area contributed by atoms with Crippen molar-refractivity contribution in [1.82, 2.24) is 10.2 Å². The molecule has 126 valence electrons. The molecule has 6 heteroatoms. The first-order chi connectivity index (χ1) is 10.9. The standard InChI is InChI=1S/C17H22Cl2N2O2/c1-16(12-17(16,18)19)15(22)20-11-14(13-5-3-2-4-6-13)21-7-9-23-10-8-21/h2-6,14H,7-12H2,1H3,(H,20,22)/t14-,16-/m1/s1. The van der Waals surface area contributed by atoms with Crippen LogP contribution in [-0.2, 0) is 9.53 Å². The molecule has 2 aliphatic rings. The average Bonchev–Trinajstić information content (AvgIpc) is 3.09. The number of rotatable bonds is 5. The summed E-state index contributed by atoms with van der Waals surface area (Å²) in [6.07, 6.45) is 0.502. The third-order valence-corrected chi connectivity index (χ3v) is 5.99. The van der Waals surface area contributed by atoms with E-state index in [1.54, 1.807) is 0 Å². The van der Waals surface area contributed by atoms with Gasteiger partial charge in [0.2, 0.25) is 5.91 Å². The molecular formula is C17H22Cl2N2O2. The lowest BCUT2D eigenvalue weighted by atomic mass is 10.0. The number of ether oxygens (including phenoxy) is 1. The topological polar surface area (TPSA) is 41.6 Å². The van der Waals surface area contributed by atoms with E-state index in [1.807, 2.05) is 25.1 Å². The highest BCUT2D eigenvalue weighted by atomic mass is 35.5. The van der Waals surface area contributed by atoms with Crippen molar-refractivity contribution in [3.8, 4) is 0 Å². The number of amides is 1. The second kappa shape index (κ2) is 6.60. The summed E-state index contributed by atoms with van der Waals surface area (Å²) in [5.74, 6) is -0.0725. The van der Waals surface area contributed by atoms with Crippen LogP contribution in [0.5, 0.6) is 0 Å². The summed E-state index contributed by atoms with van der Waals surface area (Å²) in [7, 11) is 0. The van der Waals surface area contributed by atoms with Crippen LogP contribution >= 0.6 is 23.2 Å². The van der Waals surface area contributed by atoms with E-state index in [0.717, 1.165) is 26.3 Å². The van der Waals surface area contributed by atoms with Crippen molar-refractivity contribution >= 4 is 29.1 Å². The number of hydrogen-bond acceptors (Lipinski definition) is 3. The van der Waals surface area contributed by atoms with Gasteiger partial charge < -0.3 is 10.1 Å². The summed E-state index contributed by atoms with van der Waals surface area (Å²) in [6, 6.07) is 10.4. The molecule has 2 fully saturated rings. The third kappa shape index (κ3) is 3.50. The Morgan fingerprint density at radius 1 is 1.30 bits per heavy atom. The van der Waals surface area contributed by atoms with Crippen LogP contribution < -0.4 is 5.32 Å². The number of nitrogens with one attached hydrogen (secondary N) is 1. The number of morpholine rings is 1. The molecule has 1 saturated heterocycles. The maximum Gasteiger partial charge on any atom is 0.229 e. The maximum absolute atomic E-state index is 12.4. The fourth-order valence-corrected chi connectivity index (χ4v) is 3.76. The van der Waals surface area contributed by atoms with E-state index in [2.05, 4.69) is 22.3 Å². The van der Waals surface area contributed by atoms with Gasteiger partial charge >= 0.3 is 0 Å². The highest BCUT2D eigenvalue weighted by molar-refractivity contribution is 6.53. The predicted octanol–water partition coefficient (Wildman–Crippen LogP) is 2.76. The molecule has 3 rings (SSSR count). The first kappa shape index (κ1) is 17.0. The largest absolute Gasteiger partial charge is 0.379 e. The number of hydrogen-bond donors (Lipinski definition) is 1. The Labute approximate surface area is 147 Å². The minimum Gasteiger partial charge on any atom is -0.379 e. The van der Waals surface area contributed by atoms with E-state index >= 15 is 0 Å². The number of benzene rings is 1. The zero-order valence-electron chi connectivity index (χ0n) is 13.2. The van der Waals surface area contributed by atoms with Crippen LogP contribution in [0.15, 0.2) is 30.3 Å². The van der Waals surface area contributed by atoms with Gasteiger partial charge in [0, 0.05) is 19.6 Å². The molecule has 0 aromatic heterocycles. The zero-order chi connectivity index (χ0) is 16.5. The zero-order valence-corrected chi connectivity index (χ0v) is 14.7. The van der Waals surface area contributed by atoms with Crippen LogP contribution in [0.4, 0.5) is 0 Å². The fourth-order valence-electron chi connectivity index (χ4n) is 3.05. The molecule has 1 N–H and O–H groups in total. The van der Waals surface area contributed by atoms with Crippen LogP contribution in [0.3, 0.4) is 0 Å². The van der Waals surface area contributed by atoms with Crippen molar-refractivity contribution in [1.29, 1.82) is 0 Å². The smallest absolute Gasteiger partial charge is 0.229 e. The van der Waals surface area contributed by atoms with Crippen molar-refractivity contribution in [2.45, 2.75) is 23.7 Å². The molecule has 2 atom stereocenters. The van der Waals surface area contributed by atoms with E-state index in [9.17, 15) is 4.79 Å². The molecular weight excluding hydrogens is 335 g/mol. The molecule has 1 amide bonds. The van der Waals surface area contributed by atoms with E-state index in [0.29, 0.717) is 13.0 Å². The second-order valence-corrected chi connectivity index (χ2v) is 7.98. The van der Waals surface area contributed by atoms with Gasteiger partial charge in [-0.05, 0) is 18.9 Å².